The van der Waals surface area contributed by atoms with E-state index in [0.717, 1.165) is 75.3 Å². The molecule has 2 heterocycles. The number of piperidine rings is 1. The topological polar surface area (TPSA) is 57.3 Å². The van der Waals surface area contributed by atoms with Gasteiger partial charge in [-0.05, 0) is 55.4 Å². The number of nitrogens with two attached hydrogens (primary N) is 1. The smallest absolute Gasteiger partial charge is 0.418 e. The first-order valence-corrected chi connectivity index (χ1v) is 13.4. The van der Waals surface area contributed by atoms with E-state index in [1.165, 1.54) is 24.3 Å². The van der Waals surface area contributed by atoms with E-state index < -0.39 is 23.5 Å². The fraction of sp³-hybridized carbons (Fsp3) is 0.536. The van der Waals surface area contributed by atoms with E-state index in [0.29, 0.717) is 25.9 Å². The molecule has 2 N–H and O–H groups in total. The van der Waals surface area contributed by atoms with Crippen molar-refractivity contribution in [2.24, 2.45) is 4.99 Å². The standard InChI is InChI=1S/C28H35F6N5O/c1-36-26(39-13-10-22(11-14-39)40-23-8-9-25(35)24(19-23)28(32,33)34)3-2-12-37-15-17-38(18-16-37)21-6-4-20(5-7-21)27(29,30)31/h4-9,19,22H,2-3,10-18,35H2,1H3. The van der Waals surface area contributed by atoms with Gasteiger partial charge in [-0.15, -0.1) is 0 Å². The van der Waals surface area contributed by atoms with Crippen molar-refractivity contribution in [1.29, 1.82) is 0 Å². The van der Waals surface area contributed by atoms with Gasteiger partial charge in [0.1, 0.15) is 11.9 Å². The van der Waals surface area contributed by atoms with Crippen LogP contribution in [0.4, 0.5) is 37.7 Å². The Labute approximate surface area is 230 Å². The Morgan fingerprint density at radius 1 is 0.900 bits per heavy atom. The van der Waals surface area contributed by atoms with Crippen LogP contribution in [-0.4, -0.2) is 74.6 Å². The summed E-state index contributed by atoms with van der Waals surface area (Å²) in [7, 11) is 1.77. The van der Waals surface area contributed by atoms with Crippen LogP contribution in [0.5, 0.6) is 5.75 Å². The lowest BCUT2D eigenvalue weighted by molar-refractivity contribution is -0.138. The maximum absolute atomic E-state index is 13.1. The number of alkyl halides is 6. The summed E-state index contributed by atoms with van der Waals surface area (Å²) in [6.45, 7) is 5.51. The van der Waals surface area contributed by atoms with Crippen molar-refractivity contribution in [2.45, 2.75) is 44.1 Å². The van der Waals surface area contributed by atoms with Crippen LogP contribution in [-0.2, 0) is 12.4 Å². The lowest BCUT2D eigenvalue weighted by Crippen LogP contribution is -2.47. The highest BCUT2D eigenvalue weighted by Gasteiger charge is 2.34. The fourth-order valence-electron chi connectivity index (χ4n) is 5.24. The number of piperazine rings is 1. The molecule has 0 atom stereocenters. The number of benzene rings is 2. The molecule has 6 nitrogen and oxygen atoms in total. The molecule has 2 fully saturated rings. The van der Waals surface area contributed by atoms with Crippen molar-refractivity contribution in [3.8, 4) is 5.75 Å². The first kappa shape index (κ1) is 29.8. The molecule has 12 heteroatoms. The maximum Gasteiger partial charge on any atom is 0.418 e. The molecule has 0 radical (unpaired) electrons. The largest absolute Gasteiger partial charge is 0.490 e. The van der Waals surface area contributed by atoms with Gasteiger partial charge in [-0.3, -0.25) is 9.89 Å². The van der Waals surface area contributed by atoms with Gasteiger partial charge in [0.25, 0.3) is 0 Å². The van der Waals surface area contributed by atoms with Crippen molar-refractivity contribution in [1.82, 2.24) is 9.80 Å². The van der Waals surface area contributed by atoms with Gasteiger partial charge < -0.3 is 20.3 Å². The third-order valence-electron chi connectivity index (χ3n) is 7.50. The normalized spacial score (nSPS) is 18.3. The minimum atomic E-state index is -4.53. The van der Waals surface area contributed by atoms with Crippen LogP contribution >= 0.6 is 0 Å². The summed E-state index contributed by atoms with van der Waals surface area (Å²) < 4.78 is 83.7. The van der Waals surface area contributed by atoms with Gasteiger partial charge in [0, 0.05) is 77.0 Å². The van der Waals surface area contributed by atoms with E-state index in [-0.39, 0.29) is 17.5 Å². The molecule has 2 aromatic rings. The highest BCUT2D eigenvalue weighted by atomic mass is 19.4. The Bertz CT molecular complexity index is 1140. The van der Waals surface area contributed by atoms with Gasteiger partial charge >= 0.3 is 12.4 Å². The average molecular weight is 572 g/mol. The lowest BCUT2D eigenvalue weighted by atomic mass is 10.1. The highest BCUT2D eigenvalue weighted by Crippen LogP contribution is 2.36. The number of hydrogen-bond donors (Lipinski definition) is 1. The highest BCUT2D eigenvalue weighted by molar-refractivity contribution is 5.82. The second-order valence-corrected chi connectivity index (χ2v) is 10.2. The summed E-state index contributed by atoms with van der Waals surface area (Å²) in [6, 6.07) is 8.99. The second-order valence-electron chi connectivity index (χ2n) is 10.2. The van der Waals surface area contributed by atoms with Crippen molar-refractivity contribution in [3.63, 3.8) is 0 Å². The van der Waals surface area contributed by atoms with Gasteiger partial charge in [0.2, 0.25) is 0 Å². The number of rotatable bonds is 7. The zero-order chi connectivity index (χ0) is 28.9. The summed E-state index contributed by atoms with van der Waals surface area (Å²) in [6.07, 6.45) is -5.95. The molecule has 2 aliphatic heterocycles. The number of nitrogens with zero attached hydrogens (tertiary/aromatic N) is 4. The zero-order valence-electron chi connectivity index (χ0n) is 22.4. The van der Waals surface area contributed by atoms with E-state index in [1.807, 2.05) is 0 Å². The van der Waals surface area contributed by atoms with Gasteiger partial charge in [-0.2, -0.15) is 26.3 Å². The van der Waals surface area contributed by atoms with E-state index in [1.54, 1.807) is 7.05 Å². The van der Waals surface area contributed by atoms with E-state index in [9.17, 15) is 26.3 Å². The molecule has 0 spiro atoms. The van der Waals surface area contributed by atoms with Crippen LogP contribution in [0.25, 0.3) is 0 Å². The molecule has 0 amide bonds. The molecule has 4 rings (SSSR count). The Kier molecular flexibility index (Phi) is 9.37. The molecule has 0 bridgehead atoms. The van der Waals surface area contributed by atoms with E-state index in [4.69, 9.17) is 10.5 Å². The Balaban J connectivity index is 1.17. The minimum absolute atomic E-state index is 0.169. The first-order chi connectivity index (χ1) is 18.9. The third kappa shape index (κ3) is 7.74. The molecular formula is C28H35F6N5O. The number of ether oxygens (including phenoxy) is 1. The molecule has 0 unspecified atom stereocenters. The number of likely N-dealkylation sites (tertiary alicyclic amines) is 1. The number of hydrogen-bond acceptors (Lipinski definition) is 5. The van der Waals surface area contributed by atoms with Crippen molar-refractivity contribution in [3.05, 3.63) is 53.6 Å². The van der Waals surface area contributed by atoms with Crippen LogP contribution in [0.3, 0.4) is 0 Å². The molecule has 2 aromatic carbocycles. The molecule has 0 aliphatic carbocycles. The average Bonchev–Trinajstić information content (AvgIpc) is 2.92. The van der Waals surface area contributed by atoms with Gasteiger partial charge in [0.05, 0.1) is 17.0 Å². The molecule has 0 aromatic heterocycles. The predicted molar refractivity (Wildman–Crippen MR) is 144 cm³/mol. The molecule has 220 valence electrons. The summed E-state index contributed by atoms with van der Waals surface area (Å²) in [5.74, 6) is 1.18. The quantitative estimate of drug-likeness (QED) is 0.198. The molecule has 0 saturated carbocycles. The monoisotopic (exact) mass is 571 g/mol. The summed E-state index contributed by atoms with van der Waals surface area (Å²) in [5.41, 5.74) is 4.44. The van der Waals surface area contributed by atoms with Crippen LogP contribution < -0.4 is 15.4 Å². The summed E-state index contributed by atoms with van der Waals surface area (Å²) in [4.78, 5) is 11.2. The molecule has 40 heavy (non-hydrogen) atoms. The summed E-state index contributed by atoms with van der Waals surface area (Å²) in [5, 5.41) is 0. The van der Waals surface area contributed by atoms with Crippen LogP contribution in [0, 0.1) is 0 Å². The first-order valence-electron chi connectivity index (χ1n) is 13.4. The molecular weight excluding hydrogens is 536 g/mol. The Hall–Kier alpha value is -3.15. The fourth-order valence-corrected chi connectivity index (χ4v) is 5.24. The van der Waals surface area contributed by atoms with Crippen molar-refractivity contribution >= 4 is 17.2 Å². The Morgan fingerprint density at radius 2 is 1.55 bits per heavy atom. The third-order valence-corrected chi connectivity index (χ3v) is 7.50. The zero-order valence-corrected chi connectivity index (χ0v) is 22.4. The number of aliphatic imine (C=N–C) groups is 1. The number of nitrogen functional groups attached to an aromatic ring is 1. The van der Waals surface area contributed by atoms with Gasteiger partial charge in [0.15, 0.2) is 0 Å². The van der Waals surface area contributed by atoms with Gasteiger partial charge in [-0.1, -0.05) is 0 Å². The van der Waals surface area contributed by atoms with Crippen LogP contribution in [0.2, 0.25) is 0 Å². The van der Waals surface area contributed by atoms with Crippen LogP contribution in [0.15, 0.2) is 47.5 Å². The number of halogens is 6. The predicted octanol–water partition coefficient (Wildman–Crippen LogP) is 5.78. The number of anilines is 2. The van der Waals surface area contributed by atoms with Crippen molar-refractivity contribution < 1.29 is 31.1 Å². The van der Waals surface area contributed by atoms with Crippen molar-refractivity contribution in [2.75, 3.05) is 63.5 Å². The molecule has 2 saturated heterocycles. The van der Waals surface area contributed by atoms with E-state index in [2.05, 4.69) is 19.7 Å². The summed E-state index contributed by atoms with van der Waals surface area (Å²) >= 11 is 0. The lowest BCUT2D eigenvalue weighted by Gasteiger charge is -2.37. The van der Waals surface area contributed by atoms with E-state index >= 15 is 0 Å². The van der Waals surface area contributed by atoms with Gasteiger partial charge in [-0.25, -0.2) is 0 Å². The van der Waals surface area contributed by atoms with Crippen LogP contribution in [0.1, 0.15) is 36.8 Å². The minimum Gasteiger partial charge on any atom is -0.490 e. The number of amidine groups is 1. The Morgan fingerprint density at radius 3 is 2.12 bits per heavy atom. The second kappa shape index (κ2) is 12.6. The maximum atomic E-state index is 13.1. The molecule has 2 aliphatic rings. The SMILES string of the molecule is CN=C(CCCN1CCN(c2ccc(C(F)(F)F)cc2)CC1)N1CCC(Oc2ccc(N)c(C(F)(F)F)c2)CC1.